The lowest BCUT2D eigenvalue weighted by molar-refractivity contribution is 0.0901. The number of benzene rings is 1. The van der Waals surface area contributed by atoms with Crippen molar-refractivity contribution in [1.82, 2.24) is 0 Å². The van der Waals surface area contributed by atoms with Crippen molar-refractivity contribution in [1.29, 1.82) is 0 Å². The topological polar surface area (TPSA) is 17.1 Å². The van der Waals surface area contributed by atoms with Gasteiger partial charge in [-0.25, -0.2) is 0 Å². The van der Waals surface area contributed by atoms with Gasteiger partial charge in [-0.3, -0.25) is 4.79 Å². The number of aryl methyl sites for hydroxylation is 1. The van der Waals surface area contributed by atoms with Gasteiger partial charge in [-0.15, -0.1) is 0 Å². The summed E-state index contributed by atoms with van der Waals surface area (Å²) in [4.78, 5) is 12.7. The van der Waals surface area contributed by atoms with Gasteiger partial charge in [-0.2, -0.15) is 0 Å². The second kappa shape index (κ2) is 9.02. The van der Waals surface area contributed by atoms with Crippen molar-refractivity contribution in [2.45, 2.75) is 77.6 Å². The summed E-state index contributed by atoms with van der Waals surface area (Å²) in [6.07, 6.45) is 14.1. The van der Waals surface area contributed by atoms with Crippen LogP contribution in [0.5, 0.6) is 0 Å². The number of carbonyl (C=O) groups excluding carboxylic acids is 1. The molecule has 1 nitrogen and oxygen atoms in total. The first-order valence-electron chi connectivity index (χ1n) is 8.88. The first-order valence-corrected chi connectivity index (χ1v) is 8.88. The second-order valence-corrected chi connectivity index (χ2v) is 6.69. The van der Waals surface area contributed by atoms with Gasteiger partial charge in [0.15, 0.2) is 5.78 Å². The highest BCUT2D eigenvalue weighted by atomic mass is 16.1. The fourth-order valence-electron chi connectivity index (χ4n) is 3.38. The summed E-state index contributed by atoms with van der Waals surface area (Å²) in [6, 6.07) is 8.13. The van der Waals surface area contributed by atoms with E-state index in [1.54, 1.807) is 0 Å². The Morgan fingerprint density at radius 2 is 1.19 bits per heavy atom. The minimum absolute atomic E-state index is 0.257. The molecular weight excluding hydrogens is 256 g/mol. The molecule has 0 atom stereocenters. The third-order valence-corrected chi connectivity index (χ3v) is 4.81. The first-order chi connectivity index (χ1) is 10.3. The molecule has 1 fully saturated rings. The van der Waals surface area contributed by atoms with E-state index in [2.05, 4.69) is 19.1 Å². The summed E-state index contributed by atoms with van der Waals surface area (Å²) < 4.78 is 0. The highest BCUT2D eigenvalue weighted by molar-refractivity contribution is 5.97. The summed E-state index contributed by atoms with van der Waals surface area (Å²) in [5, 5.41) is 0. The Morgan fingerprint density at radius 1 is 0.762 bits per heavy atom. The summed E-state index contributed by atoms with van der Waals surface area (Å²) in [5.74, 6) is 0.638. The van der Waals surface area contributed by atoms with Crippen molar-refractivity contribution in [2.24, 2.45) is 5.92 Å². The minimum atomic E-state index is 0.257. The maximum absolute atomic E-state index is 12.7. The van der Waals surface area contributed by atoms with Gasteiger partial charge in [0, 0.05) is 11.5 Å². The summed E-state index contributed by atoms with van der Waals surface area (Å²) in [7, 11) is 0. The average molecular weight is 286 g/mol. The normalized spacial score (nSPS) is 19.5. The Balaban J connectivity index is 1.95. The standard InChI is InChI=1S/C20H30O/c1-17-13-15-19(16-14-17)20(21)18-11-9-7-5-3-2-4-6-8-10-12-18/h13-16,18H,2-12H2,1H3. The molecule has 1 aromatic rings. The predicted octanol–water partition coefficient (Wildman–Crippen LogP) is 6.10. The number of hydrogen-bond donors (Lipinski definition) is 0. The monoisotopic (exact) mass is 286 g/mol. The van der Waals surface area contributed by atoms with Gasteiger partial charge in [0.1, 0.15) is 0 Å². The van der Waals surface area contributed by atoms with Crippen molar-refractivity contribution < 1.29 is 4.79 Å². The molecule has 1 saturated carbocycles. The van der Waals surface area contributed by atoms with Crippen LogP contribution >= 0.6 is 0 Å². The second-order valence-electron chi connectivity index (χ2n) is 6.69. The molecule has 1 aliphatic carbocycles. The molecule has 0 spiro atoms. The number of hydrogen-bond acceptors (Lipinski definition) is 1. The molecule has 0 heterocycles. The lowest BCUT2D eigenvalue weighted by Gasteiger charge is -2.17. The van der Waals surface area contributed by atoms with Crippen molar-refractivity contribution in [3.8, 4) is 0 Å². The first kappa shape index (κ1) is 16.3. The fraction of sp³-hybridized carbons (Fsp3) is 0.650. The Bertz CT molecular complexity index is 406. The lowest BCUT2D eigenvalue weighted by atomic mass is 9.87. The van der Waals surface area contributed by atoms with Crippen molar-refractivity contribution in [3.05, 3.63) is 35.4 Å². The molecule has 1 aromatic carbocycles. The molecule has 116 valence electrons. The van der Waals surface area contributed by atoms with E-state index in [1.165, 1.54) is 63.4 Å². The molecule has 2 rings (SSSR count). The number of ketones is 1. The molecule has 0 saturated heterocycles. The van der Waals surface area contributed by atoms with Crippen LogP contribution in [0.2, 0.25) is 0 Å². The summed E-state index contributed by atoms with van der Waals surface area (Å²) in [6.45, 7) is 2.07. The highest BCUT2D eigenvalue weighted by Gasteiger charge is 2.19. The minimum Gasteiger partial charge on any atom is -0.294 e. The van der Waals surface area contributed by atoms with Crippen LogP contribution in [0.15, 0.2) is 24.3 Å². The van der Waals surface area contributed by atoms with Gasteiger partial charge >= 0.3 is 0 Å². The molecule has 1 heteroatoms. The molecule has 0 N–H and O–H groups in total. The largest absolute Gasteiger partial charge is 0.294 e. The van der Waals surface area contributed by atoms with Crippen LogP contribution in [0.4, 0.5) is 0 Å². The Morgan fingerprint density at radius 3 is 1.67 bits per heavy atom. The SMILES string of the molecule is Cc1ccc(C(=O)C2CCCCCCCCCCC2)cc1. The number of Topliss-reactive ketones (excluding diaryl/α,β-unsaturated/α-hetero) is 1. The van der Waals surface area contributed by atoms with Gasteiger partial charge in [-0.05, 0) is 19.8 Å². The van der Waals surface area contributed by atoms with Crippen LogP contribution in [0.25, 0.3) is 0 Å². The van der Waals surface area contributed by atoms with E-state index in [0.717, 1.165) is 18.4 Å². The van der Waals surface area contributed by atoms with Crippen molar-refractivity contribution >= 4 is 5.78 Å². The van der Waals surface area contributed by atoms with E-state index in [1.807, 2.05) is 12.1 Å². The number of carbonyl (C=O) groups is 1. The van der Waals surface area contributed by atoms with Gasteiger partial charge in [0.2, 0.25) is 0 Å². The third-order valence-electron chi connectivity index (χ3n) is 4.81. The van der Waals surface area contributed by atoms with Crippen LogP contribution in [0.1, 0.15) is 86.6 Å². The Hall–Kier alpha value is -1.11. The van der Waals surface area contributed by atoms with Crippen LogP contribution in [0.3, 0.4) is 0 Å². The zero-order valence-corrected chi connectivity index (χ0v) is 13.6. The zero-order chi connectivity index (χ0) is 14.9. The van der Waals surface area contributed by atoms with Gasteiger partial charge in [-0.1, -0.05) is 87.6 Å². The van der Waals surface area contributed by atoms with Gasteiger partial charge in [0.05, 0.1) is 0 Å². The van der Waals surface area contributed by atoms with Gasteiger partial charge in [0.25, 0.3) is 0 Å². The maximum Gasteiger partial charge on any atom is 0.165 e. The molecule has 0 bridgehead atoms. The zero-order valence-electron chi connectivity index (χ0n) is 13.6. The van der Waals surface area contributed by atoms with Crippen LogP contribution < -0.4 is 0 Å². The number of rotatable bonds is 2. The smallest absolute Gasteiger partial charge is 0.165 e. The highest BCUT2D eigenvalue weighted by Crippen LogP contribution is 2.24. The third kappa shape index (κ3) is 5.65. The van der Waals surface area contributed by atoms with E-state index in [0.29, 0.717) is 5.78 Å². The van der Waals surface area contributed by atoms with E-state index in [4.69, 9.17) is 0 Å². The maximum atomic E-state index is 12.7. The molecule has 0 unspecified atom stereocenters. The Labute approximate surface area is 130 Å². The summed E-state index contributed by atoms with van der Waals surface area (Å²) in [5.41, 5.74) is 2.14. The molecular formula is C20H30O. The van der Waals surface area contributed by atoms with E-state index in [-0.39, 0.29) is 5.92 Å². The lowest BCUT2D eigenvalue weighted by Crippen LogP contribution is -2.15. The predicted molar refractivity (Wildman–Crippen MR) is 89.8 cm³/mol. The van der Waals surface area contributed by atoms with E-state index in [9.17, 15) is 4.79 Å². The molecule has 0 amide bonds. The van der Waals surface area contributed by atoms with Crippen LogP contribution in [-0.4, -0.2) is 5.78 Å². The molecule has 0 radical (unpaired) electrons. The quantitative estimate of drug-likeness (QED) is 0.600. The summed E-state index contributed by atoms with van der Waals surface area (Å²) >= 11 is 0. The van der Waals surface area contributed by atoms with Crippen LogP contribution in [0, 0.1) is 12.8 Å². The molecule has 0 aliphatic heterocycles. The Kier molecular flexibility index (Phi) is 6.99. The van der Waals surface area contributed by atoms with Crippen molar-refractivity contribution in [3.63, 3.8) is 0 Å². The van der Waals surface area contributed by atoms with E-state index < -0.39 is 0 Å². The van der Waals surface area contributed by atoms with Crippen molar-refractivity contribution in [2.75, 3.05) is 0 Å². The molecule has 0 aromatic heterocycles. The average Bonchev–Trinajstić information content (AvgIpc) is 2.48. The molecule has 21 heavy (non-hydrogen) atoms. The van der Waals surface area contributed by atoms with Gasteiger partial charge < -0.3 is 0 Å². The van der Waals surface area contributed by atoms with Crippen LogP contribution in [-0.2, 0) is 0 Å². The fourth-order valence-corrected chi connectivity index (χ4v) is 3.38. The molecule has 1 aliphatic rings. The van der Waals surface area contributed by atoms with E-state index >= 15 is 0 Å².